The minimum atomic E-state index is -4.69. The van der Waals surface area contributed by atoms with Crippen LogP contribution < -0.4 is 5.32 Å². The van der Waals surface area contributed by atoms with E-state index in [1.54, 1.807) is 0 Å². The zero-order valence-corrected chi connectivity index (χ0v) is 10.6. The molecule has 1 aliphatic rings. The van der Waals surface area contributed by atoms with Gasteiger partial charge in [0.25, 0.3) is 0 Å². The molecule has 0 spiro atoms. The third kappa shape index (κ3) is 2.70. The Morgan fingerprint density at radius 2 is 1.86 bits per heavy atom. The number of hydrogen-bond donors (Lipinski definition) is 2. The lowest BCUT2D eigenvalue weighted by molar-refractivity contribution is -0.159. The molecular weight excluding hydrogens is 294 g/mol. The fourth-order valence-electron chi connectivity index (χ4n) is 2.11. The molecule has 0 saturated heterocycles. The highest BCUT2D eigenvalue weighted by molar-refractivity contribution is 6.09. The number of hydrogen-bond acceptors (Lipinski definition) is 2. The number of carboxylic acids is 1. The Morgan fingerprint density at radius 3 is 2.29 bits per heavy atom. The Bertz CT molecular complexity index is 594. The minimum Gasteiger partial charge on any atom is -0.480 e. The molecule has 0 unspecified atom stereocenters. The Balaban J connectivity index is 2.27. The van der Waals surface area contributed by atoms with Crippen molar-refractivity contribution in [2.45, 2.75) is 25.4 Å². The van der Waals surface area contributed by atoms with Crippen molar-refractivity contribution in [3.8, 4) is 0 Å². The van der Waals surface area contributed by atoms with Gasteiger partial charge in [-0.2, -0.15) is 13.2 Å². The van der Waals surface area contributed by atoms with Gasteiger partial charge < -0.3 is 10.4 Å². The number of aliphatic carboxylic acids is 1. The third-order valence-corrected chi connectivity index (χ3v) is 3.59. The lowest BCUT2D eigenvalue weighted by atomic mass is 9.68. The third-order valence-electron chi connectivity index (χ3n) is 3.59. The number of alkyl halides is 3. The number of carboxylic acid groups (broad SMARTS) is 1. The van der Waals surface area contributed by atoms with Gasteiger partial charge in [-0.15, -0.1) is 0 Å². The average Bonchev–Trinajstić information content (AvgIpc) is 2.28. The van der Waals surface area contributed by atoms with E-state index in [2.05, 4.69) is 0 Å². The summed E-state index contributed by atoms with van der Waals surface area (Å²) in [5.41, 5.74) is -3.49. The molecule has 0 aromatic heterocycles. The standard InChI is InChI=1S/C13H11F4NO3/c14-8-3-2-7(13(15,16)17)6-9(8)18-10(19)12(11(20)21)4-1-5-12/h2-3,6H,1,4-5H2,(H,18,19)(H,20,21). The van der Waals surface area contributed by atoms with Gasteiger partial charge in [-0.1, -0.05) is 6.42 Å². The van der Waals surface area contributed by atoms with Crippen LogP contribution in [0.4, 0.5) is 23.2 Å². The SMILES string of the molecule is O=C(O)C1(C(=O)Nc2cc(C(F)(F)F)ccc2F)CCC1. The molecule has 1 amide bonds. The Hall–Kier alpha value is -2.12. The van der Waals surface area contributed by atoms with Gasteiger partial charge >= 0.3 is 12.1 Å². The summed E-state index contributed by atoms with van der Waals surface area (Å²) in [7, 11) is 0. The van der Waals surface area contributed by atoms with Crippen LogP contribution in [0, 0.1) is 11.2 Å². The predicted octanol–water partition coefficient (Wildman–Crippen LogP) is 3.04. The van der Waals surface area contributed by atoms with Crippen molar-refractivity contribution >= 4 is 17.6 Å². The second-order valence-electron chi connectivity index (χ2n) is 4.89. The van der Waals surface area contributed by atoms with E-state index in [4.69, 9.17) is 5.11 Å². The molecule has 0 atom stereocenters. The molecule has 1 fully saturated rings. The maximum Gasteiger partial charge on any atom is 0.416 e. The van der Waals surface area contributed by atoms with Crippen molar-refractivity contribution in [1.29, 1.82) is 0 Å². The summed E-state index contributed by atoms with van der Waals surface area (Å²) in [4.78, 5) is 23.0. The molecule has 0 bridgehead atoms. The first-order valence-corrected chi connectivity index (χ1v) is 6.08. The maximum absolute atomic E-state index is 13.5. The van der Waals surface area contributed by atoms with E-state index in [0.29, 0.717) is 24.6 Å². The molecule has 1 aliphatic carbocycles. The molecule has 0 heterocycles. The molecule has 1 aromatic rings. The molecule has 0 aliphatic heterocycles. The summed E-state index contributed by atoms with van der Waals surface area (Å²) < 4.78 is 51.1. The van der Waals surface area contributed by atoms with Crippen LogP contribution in [0.1, 0.15) is 24.8 Å². The van der Waals surface area contributed by atoms with Crippen LogP contribution in [0.5, 0.6) is 0 Å². The molecule has 0 radical (unpaired) electrons. The first-order chi connectivity index (χ1) is 9.67. The van der Waals surface area contributed by atoms with Crippen molar-refractivity contribution in [2.75, 3.05) is 5.32 Å². The Kier molecular flexibility index (Phi) is 3.65. The van der Waals surface area contributed by atoms with Gasteiger partial charge in [-0.25, -0.2) is 4.39 Å². The second-order valence-corrected chi connectivity index (χ2v) is 4.89. The van der Waals surface area contributed by atoms with E-state index in [-0.39, 0.29) is 12.8 Å². The zero-order chi connectivity index (χ0) is 15.8. The van der Waals surface area contributed by atoms with E-state index in [1.807, 2.05) is 5.32 Å². The van der Waals surface area contributed by atoms with Gasteiger partial charge in [-0.3, -0.25) is 9.59 Å². The van der Waals surface area contributed by atoms with Crippen LogP contribution in [-0.2, 0) is 15.8 Å². The molecule has 4 nitrogen and oxygen atoms in total. The number of carbonyl (C=O) groups excluding carboxylic acids is 1. The fraction of sp³-hybridized carbons (Fsp3) is 0.385. The quantitative estimate of drug-likeness (QED) is 0.666. The molecule has 2 N–H and O–H groups in total. The van der Waals surface area contributed by atoms with Gasteiger partial charge in [0.15, 0.2) is 0 Å². The van der Waals surface area contributed by atoms with Crippen molar-refractivity contribution in [2.24, 2.45) is 5.41 Å². The molecule has 1 aromatic carbocycles. The summed E-state index contributed by atoms with van der Waals surface area (Å²) in [6.45, 7) is 0. The van der Waals surface area contributed by atoms with Gasteiger partial charge in [0, 0.05) is 0 Å². The van der Waals surface area contributed by atoms with Gasteiger partial charge in [0.1, 0.15) is 11.2 Å². The number of anilines is 1. The summed E-state index contributed by atoms with van der Waals surface area (Å²) >= 11 is 0. The normalized spacial score (nSPS) is 17.0. The molecule has 21 heavy (non-hydrogen) atoms. The van der Waals surface area contributed by atoms with Crippen LogP contribution in [0.15, 0.2) is 18.2 Å². The van der Waals surface area contributed by atoms with Crippen LogP contribution in [0.3, 0.4) is 0 Å². The highest BCUT2D eigenvalue weighted by Crippen LogP contribution is 2.42. The largest absolute Gasteiger partial charge is 0.480 e. The summed E-state index contributed by atoms with van der Waals surface area (Å²) in [5, 5.41) is 11.0. The second kappa shape index (κ2) is 5.01. The highest BCUT2D eigenvalue weighted by Gasteiger charge is 2.51. The summed E-state index contributed by atoms with van der Waals surface area (Å²) in [6.07, 6.45) is -4.01. The number of carbonyl (C=O) groups is 2. The van der Waals surface area contributed by atoms with Crippen LogP contribution in [-0.4, -0.2) is 17.0 Å². The first-order valence-electron chi connectivity index (χ1n) is 6.08. The topological polar surface area (TPSA) is 66.4 Å². The van der Waals surface area contributed by atoms with Crippen LogP contribution in [0.2, 0.25) is 0 Å². The van der Waals surface area contributed by atoms with Crippen LogP contribution >= 0.6 is 0 Å². The highest BCUT2D eigenvalue weighted by atomic mass is 19.4. The number of rotatable bonds is 3. The minimum absolute atomic E-state index is 0.0781. The number of benzene rings is 1. The van der Waals surface area contributed by atoms with Crippen LogP contribution in [0.25, 0.3) is 0 Å². The monoisotopic (exact) mass is 305 g/mol. The Morgan fingerprint density at radius 1 is 1.24 bits per heavy atom. The molecular formula is C13H11F4NO3. The molecule has 1 saturated carbocycles. The van der Waals surface area contributed by atoms with Crippen molar-refractivity contribution in [1.82, 2.24) is 0 Å². The number of nitrogens with one attached hydrogen (secondary N) is 1. The van der Waals surface area contributed by atoms with Crippen molar-refractivity contribution < 1.29 is 32.3 Å². The maximum atomic E-state index is 13.5. The van der Waals surface area contributed by atoms with Gasteiger partial charge in [0.2, 0.25) is 5.91 Å². The smallest absolute Gasteiger partial charge is 0.416 e. The van der Waals surface area contributed by atoms with Crippen molar-refractivity contribution in [3.05, 3.63) is 29.6 Å². The first kappa shape index (κ1) is 15.3. The fourth-order valence-corrected chi connectivity index (χ4v) is 2.11. The lowest BCUT2D eigenvalue weighted by Gasteiger charge is -2.35. The van der Waals surface area contributed by atoms with Gasteiger partial charge in [-0.05, 0) is 31.0 Å². The predicted molar refractivity (Wildman–Crippen MR) is 64.0 cm³/mol. The van der Waals surface area contributed by atoms with Crippen molar-refractivity contribution in [3.63, 3.8) is 0 Å². The Labute approximate surface area is 116 Å². The van der Waals surface area contributed by atoms with E-state index in [0.717, 1.165) is 0 Å². The molecule has 114 valence electrons. The summed E-state index contributed by atoms with van der Waals surface area (Å²) in [5.74, 6) is -3.42. The zero-order valence-electron chi connectivity index (χ0n) is 10.6. The average molecular weight is 305 g/mol. The van der Waals surface area contributed by atoms with E-state index in [1.165, 1.54) is 0 Å². The van der Waals surface area contributed by atoms with E-state index < -0.39 is 40.5 Å². The van der Waals surface area contributed by atoms with E-state index in [9.17, 15) is 27.2 Å². The van der Waals surface area contributed by atoms with Gasteiger partial charge in [0.05, 0.1) is 11.3 Å². The number of halogens is 4. The number of amides is 1. The molecule has 8 heteroatoms. The summed E-state index contributed by atoms with van der Waals surface area (Å²) in [6, 6.07) is 1.56. The lowest BCUT2D eigenvalue weighted by Crippen LogP contribution is -2.48. The van der Waals surface area contributed by atoms with E-state index >= 15 is 0 Å². The molecule has 2 rings (SSSR count).